The number of Topliss-reactive ketones (excluding diaryl/α,β-unsaturated/α-hetero) is 1. The molecule has 5 nitrogen and oxygen atoms in total. The molecule has 0 spiro atoms. The maximum Gasteiger partial charge on any atom is 0.263 e. The van der Waals surface area contributed by atoms with Crippen LogP contribution in [0.5, 0.6) is 0 Å². The predicted octanol–water partition coefficient (Wildman–Crippen LogP) is 4.47. The summed E-state index contributed by atoms with van der Waals surface area (Å²) in [5.41, 5.74) is 2.18. The van der Waals surface area contributed by atoms with Gasteiger partial charge in [-0.25, -0.2) is 9.97 Å². The van der Waals surface area contributed by atoms with Crippen molar-refractivity contribution in [2.75, 3.05) is 0 Å². The van der Waals surface area contributed by atoms with Crippen LogP contribution in [0.4, 0.5) is 0 Å². The molecule has 2 heterocycles. The van der Waals surface area contributed by atoms with Crippen LogP contribution in [0.2, 0.25) is 0 Å². The van der Waals surface area contributed by atoms with E-state index in [4.69, 9.17) is 0 Å². The van der Waals surface area contributed by atoms with Crippen molar-refractivity contribution in [3.05, 3.63) is 64.1 Å². The van der Waals surface area contributed by atoms with Crippen LogP contribution in [-0.4, -0.2) is 25.6 Å². The van der Waals surface area contributed by atoms with E-state index < -0.39 is 0 Å². The molecule has 0 fully saturated rings. The molecule has 3 rings (SSSR count). The number of ketones is 1. The van der Waals surface area contributed by atoms with E-state index in [-0.39, 0.29) is 22.0 Å². The number of fused-ring (bicyclic) bond motifs is 1. The van der Waals surface area contributed by atoms with Crippen molar-refractivity contribution < 1.29 is 4.79 Å². The Morgan fingerprint density at radius 1 is 1.18 bits per heavy atom. The van der Waals surface area contributed by atoms with E-state index in [1.807, 2.05) is 38.1 Å². The summed E-state index contributed by atoms with van der Waals surface area (Å²) in [5, 5.41) is 0.641. The Balaban J connectivity index is 1.89. The maximum absolute atomic E-state index is 12.9. The highest BCUT2D eigenvalue weighted by molar-refractivity contribution is 8.00. The fraction of sp³-hybridized carbons (Fsp3) is 0.364. The maximum atomic E-state index is 12.9. The Kier molecular flexibility index (Phi) is 5.70. The molecule has 28 heavy (non-hydrogen) atoms. The monoisotopic (exact) mass is 395 g/mol. The summed E-state index contributed by atoms with van der Waals surface area (Å²) >= 11 is 1.30. The Hall–Kier alpha value is -2.47. The number of rotatable bonds is 5. The molecule has 6 heteroatoms. The van der Waals surface area contributed by atoms with E-state index in [2.05, 4.69) is 30.7 Å². The van der Waals surface area contributed by atoms with Crippen LogP contribution in [0, 0.1) is 0 Å². The smallest absolute Gasteiger partial charge is 0.263 e. The molecule has 0 aliphatic rings. The van der Waals surface area contributed by atoms with Gasteiger partial charge in [-0.05, 0) is 37.0 Å². The Labute approximate surface area is 169 Å². The minimum absolute atomic E-state index is 0.0171. The van der Waals surface area contributed by atoms with Gasteiger partial charge in [0.1, 0.15) is 0 Å². The van der Waals surface area contributed by atoms with Crippen molar-refractivity contribution in [1.82, 2.24) is 14.5 Å². The summed E-state index contributed by atoms with van der Waals surface area (Å²) in [6.07, 6.45) is 1.62. The van der Waals surface area contributed by atoms with Crippen molar-refractivity contribution >= 4 is 28.6 Å². The molecule has 1 atom stereocenters. The number of thioether (sulfide) groups is 1. The highest BCUT2D eigenvalue weighted by Crippen LogP contribution is 2.26. The van der Waals surface area contributed by atoms with Gasteiger partial charge in [-0.2, -0.15) is 0 Å². The van der Waals surface area contributed by atoms with Crippen LogP contribution in [0.25, 0.3) is 11.0 Å². The second kappa shape index (κ2) is 7.87. The largest absolute Gasteiger partial charge is 0.293 e. The Bertz CT molecular complexity index is 1070. The first-order valence-corrected chi connectivity index (χ1v) is 10.3. The summed E-state index contributed by atoms with van der Waals surface area (Å²) < 4.78 is 1.60. The highest BCUT2D eigenvalue weighted by Gasteiger charge is 2.21. The molecule has 0 radical (unpaired) electrons. The predicted molar refractivity (Wildman–Crippen MR) is 114 cm³/mol. The van der Waals surface area contributed by atoms with Gasteiger partial charge in [0.15, 0.2) is 16.6 Å². The zero-order chi connectivity index (χ0) is 20.5. The molecule has 3 aromatic rings. The molecular weight excluding hydrogens is 370 g/mol. The van der Waals surface area contributed by atoms with Gasteiger partial charge in [0.25, 0.3) is 5.56 Å². The standard InChI is InChI=1S/C22H25N3O2S/c1-6-25-20(27)17-8-7-13-23-19(17)24-21(25)28-14(2)18(26)15-9-11-16(12-10-15)22(3,4)5/h7-14H,6H2,1-5H3/t14-/m1/s1. The molecular formula is C22H25N3O2S. The van der Waals surface area contributed by atoms with Gasteiger partial charge < -0.3 is 0 Å². The molecule has 0 bridgehead atoms. The molecule has 0 N–H and O–H groups in total. The zero-order valence-corrected chi connectivity index (χ0v) is 17.7. The summed E-state index contributed by atoms with van der Waals surface area (Å²) in [6, 6.07) is 11.2. The molecule has 0 saturated carbocycles. The molecule has 0 aliphatic carbocycles. The fourth-order valence-corrected chi connectivity index (χ4v) is 4.02. The van der Waals surface area contributed by atoms with Gasteiger partial charge in [0.05, 0.1) is 10.6 Å². The van der Waals surface area contributed by atoms with Crippen molar-refractivity contribution in [2.24, 2.45) is 0 Å². The summed E-state index contributed by atoms with van der Waals surface area (Å²) in [5.74, 6) is 0.0171. The number of carbonyl (C=O) groups is 1. The number of nitrogens with zero attached hydrogens (tertiary/aromatic N) is 3. The molecule has 146 valence electrons. The SMILES string of the molecule is CCn1c(S[C@H](C)C(=O)c2ccc(C(C)(C)C)cc2)nc2ncccc2c1=O. The third kappa shape index (κ3) is 4.02. The van der Waals surface area contributed by atoms with Gasteiger partial charge in [0, 0.05) is 18.3 Å². The number of hydrogen-bond donors (Lipinski definition) is 0. The van der Waals surface area contributed by atoms with E-state index >= 15 is 0 Å². The first kappa shape index (κ1) is 20.3. The first-order chi connectivity index (χ1) is 13.2. The van der Waals surface area contributed by atoms with Gasteiger partial charge in [0.2, 0.25) is 0 Å². The van der Waals surface area contributed by atoms with Crippen molar-refractivity contribution in [3.63, 3.8) is 0 Å². The van der Waals surface area contributed by atoms with E-state index in [1.165, 1.54) is 17.3 Å². The minimum Gasteiger partial charge on any atom is -0.293 e. The molecule has 0 saturated heterocycles. The van der Waals surface area contributed by atoms with Crippen LogP contribution in [0.3, 0.4) is 0 Å². The second-order valence-electron chi connectivity index (χ2n) is 7.77. The normalized spacial score (nSPS) is 12.9. The van der Waals surface area contributed by atoms with Gasteiger partial charge in [-0.3, -0.25) is 14.2 Å². The molecule has 0 amide bonds. The summed E-state index contributed by atoms with van der Waals surface area (Å²) in [4.78, 5) is 34.4. The second-order valence-corrected chi connectivity index (χ2v) is 9.08. The third-order valence-electron chi connectivity index (χ3n) is 4.70. The molecule has 1 aromatic carbocycles. The number of benzene rings is 1. The van der Waals surface area contributed by atoms with Crippen LogP contribution in [0.1, 0.15) is 50.5 Å². The van der Waals surface area contributed by atoms with Crippen molar-refractivity contribution in [2.45, 2.75) is 57.0 Å². The van der Waals surface area contributed by atoms with E-state index in [9.17, 15) is 9.59 Å². The van der Waals surface area contributed by atoms with E-state index in [0.29, 0.717) is 28.3 Å². The zero-order valence-electron chi connectivity index (χ0n) is 16.9. The lowest BCUT2D eigenvalue weighted by atomic mass is 9.86. The molecule has 0 aliphatic heterocycles. The van der Waals surface area contributed by atoms with Gasteiger partial charge >= 0.3 is 0 Å². The number of pyridine rings is 1. The lowest BCUT2D eigenvalue weighted by Gasteiger charge is -2.19. The fourth-order valence-electron chi connectivity index (χ4n) is 2.99. The lowest BCUT2D eigenvalue weighted by Crippen LogP contribution is -2.24. The van der Waals surface area contributed by atoms with Crippen molar-refractivity contribution in [1.29, 1.82) is 0 Å². The van der Waals surface area contributed by atoms with E-state index in [1.54, 1.807) is 22.9 Å². The third-order valence-corrected chi connectivity index (χ3v) is 5.79. The van der Waals surface area contributed by atoms with Crippen LogP contribution >= 0.6 is 11.8 Å². The number of aromatic nitrogens is 3. The lowest BCUT2D eigenvalue weighted by molar-refractivity contribution is 0.0993. The number of carbonyl (C=O) groups excluding carboxylic acids is 1. The van der Waals surface area contributed by atoms with Crippen molar-refractivity contribution in [3.8, 4) is 0 Å². The van der Waals surface area contributed by atoms with Gasteiger partial charge in [-0.1, -0.05) is 56.8 Å². The summed E-state index contributed by atoms with van der Waals surface area (Å²) in [6.45, 7) is 10.7. The number of hydrogen-bond acceptors (Lipinski definition) is 5. The minimum atomic E-state index is -0.369. The van der Waals surface area contributed by atoms with E-state index in [0.717, 1.165) is 0 Å². The topological polar surface area (TPSA) is 64.8 Å². The Morgan fingerprint density at radius 2 is 1.86 bits per heavy atom. The first-order valence-electron chi connectivity index (χ1n) is 9.39. The van der Waals surface area contributed by atoms with Crippen LogP contribution < -0.4 is 5.56 Å². The highest BCUT2D eigenvalue weighted by atomic mass is 32.2. The summed E-state index contributed by atoms with van der Waals surface area (Å²) in [7, 11) is 0. The van der Waals surface area contributed by atoms with Gasteiger partial charge in [-0.15, -0.1) is 0 Å². The molecule has 0 unspecified atom stereocenters. The van der Waals surface area contributed by atoms with Crippen LogP contribution in [0.15, 0.2) is 52.5 Å². The average molecular weight is 396 g/mol. The van der Waals surface area contributed by atoms with Crippen LogP contribution in [-0.2, 0) is 12.0 Å². The average Bonchev–Trinajstić information content (AvgIpc) is 2.67. The molecule has 2 aromatic heterocycles. The Morgan fingerprint density at radius 3 is 2.46 bits per heavy atom. The quantitative estimate of drug-likeness (QED) is 0.362.